The first-order valence-electron chi connectivity index (χ1n) is 16.5. The minimum Gasteiger partial charge on any atom is -0.479 e. The highest BCUT2D eigenvalue weighted by Gasteiger charge is 2.57. The van der Waals surface area contributed by atoms with Gasteiger partial charge in [0.15, 0.2) is 37.4 Å². The third-order valence-corrected chi connectivity index (χ3v) is 9.19. The van der Waals surface area contributed by atoms with Gasteiger partial charge in [-0.2, -0.15) is 0 Å². The second-order valence-electron chi connectivity index (χ2n) is 12.9. The molecule has 25 nitrogen and oxygen atoms in total. The molecule has 4 heterocycles. The summed E-state index contributed by atoms with van der Waals surface area (Å²) in [6.45, 7) is 0.290. The second kappa shape index (κ2) is 18.4. The lowest BCUT2D eigenvalue weighted by Crippen LogP contribution is -2.70. The normalized spacial score (nSPS) is 45.6. The van der Waals surface area contributed by atoms with Gasteiger partial charge in [-0.3, -0.25) is 9.59 Å². The van der Waals surface area contributed by atoms with Crippen molar-refractivity contribution in [3.05, 3.63) is 0 Å². The molecule has 310 valence electrons. The van der Waals surface area contributed by atoms with Gasteiger partial charge in [0.05, 0.1) is 13.2 Å². The second-order valence-corrected chi connectivity index (χ2v) is 12.9. The van der Waals surface area contributed by atoms with Crippen molar-refractivity contribution in [2.75, 3.05) is 20.3 Å². The molecule has 0 aliphatic carbocycles. The Morgan fingerprint density at radius 3 is 1.37 bits per heavy atom. The number of carboxylic acids is 2. The van der Waals surface area contributed by atoms with Gasteiger partial charge in [0.2, 0.25) is 11.8 Å². The van der Waals surface area contributed by atoms with Crippen molar-refractivity contribution in [3.63, 3.8) is 0 Å². The molecule has 4 fully saturated rings. The Balaban J connectivity index is 1.57. The lowest BCUT2D eigenvalue weighted by Gasteiger charge is -2.49. The highest BCUT2D eigenvalue weighted by Crippen LogP contribution is 2.34. The van der Waals surface area contributed by atoms with Crippen LogP contribution in [-0.4, -0.2) is 223 Å². The lowest BCUT2D eigenvalue weighted by atomic mass is 9.94. The number of hydrogen-bond acceptors (Lipinski definition) is 21. The van der Waals surface area contributed by atoms with E-state index in [4.69, 9.17) is 37.9 Å². The molecule has 4 aliphatic heterocycles. The van der Waals surface area contributed by atoms with Crippen LogP contribution in [0, 0.1) is 0 Å². The summed E-state index contributed by atoms with van der Waals surface area (Å²) in [4.78, 5) is 48.3. The van der Waals surface area contributed by atoms with Gasteiger partial charge in [-0.25, -0.2) is 9.59 Å². The summed E-state index contributed by atoms with van der Waals surface area (Å²) in [5.41, 5.74) is 0. The van der Waals surface area contributed by atoms with Crippen molar-refractivity contribution < 1.29 is 113 Å². The topological polar surface area (TPSA) is 389 Å². The fourth-order valence-electron chi connectivity index (χ4n) is 6.57. The number of aliphatic hydroxyl groups is 9. The van der Waals surface area contributed by atoms with E-state index in [2.05, 4.69) is 10.6 Å². The molecular weight excluding hydrogens is 744 g/mol. The number of hydrogen-bond donors (Lipinski definition) is 13. The van der Waals surface area contributed by atoms with Crippen LogP contribution in [0.15, 0.2) is 0 Å². The molecule has 4 rings (SSSR count). The van der Waals surface area contributed by atoms with Crippen molar-refractivity contribution in [2.24, 2.45) is 0 Å². The van der Waals surface area contributed by atoms with Crippen LogP contribution in [0.3, 0.4) is 0 Å². The summed E-state index contributed by atoms with van der Waals surface area (Å²) in [6, 6.07) is -3.22. The molecule has 2 amide bonds. The Bertz CT molecular complexity index is 1310. The largest absolute Gasteiger partial charge is 0.479 e. The predicted molar refractivity (Wildman–Crippen MR) is 163 cm³/mol. The lowest BCUT2D eigenvalue weighted by molar-refractivity contribution is -0.370. The maximum atomic E-state index is 12.4. The number of aliphatic hydroxyl groups excluding tert-OH is 9. The zero-order chi connectivity index (χ0) is 40.3. The van der Waals surface area contributed by atoms with Crippen LogP contribution in [0.1, 0.15) is 13.8 Å². The first kappa shape index (κ1) is 43.9. The molecule has 4 saturated heterocycles. The Kier molecular flexibility index (Phi) is 15.0. The average Bonchev–Trinajstić information content (AvgIpc) is 3.10. The molecule has 0 saturated carbocycles. The maximum absolute atomic E-state index is 12.4. The van der Waals surface area contributed by atoms with Crippen molar-refractivity contribution >= 4 is 23.8 Å². The van der Waals surface area contributed by atoms with Crippen LogP contribution < -0.4 is 10.6 Å². The van der Waals surface area contributed by atoms with E-state index in [-0.39, 0.29) is 0 Å². The van der Waals surface area contributed by atoms with Gasteiger partial charge in [0.1, 0.15) is 85.3 Å². The van der Waals surface area contributed by atoms with Crippen LogP contribution in [-0.2, 0) is 57.1 Å². The predicted octanol–water partition coefficient (Wildman–Crippen LogP) is -8.62. The van der Waals surface area contributed by atoms with E-state index >= 15 is 0 Å². The van der Waals surface area contributed by atoms with Crippen LogP contribution in [0.4, 0.5) is 0 Å². The minimum atomic E-state index is -2.23. The van der Waals surface area contributed by atoms with Crippen LogP contribution in [0.2, 0.25) is 0 Å². The van der Waals surface area contributed by atoms with E-state index < -0.39 is 160 Å². The van der Waals surface area contributed by atoms with Crippen molar-refractivity contribution in [1.29, 1.82) is 0 Å². The third kappa shape index (κ3) is 9.24. The van der Waals surface area contributed by atoms with Crippen molar-refractivity contribution in [1.82, 2.24) is 10.6 Å². The van der Waals surface area contributed by atoms with E-state index in [1.54, 1.807) is 0 Å². The van der Waals surface area contributed by atoms with E-state index in [9.17, 15) is 75.3 Å². The highest BCUT2D eigenvalue weighted by molar-refractivity contribution is 5.74. The van der Waals surface area contributed by atoms with Crippen LogP contribution >= 0.6 is 0 Å². The Morgan fingerprint density at radius 2 is 0.944 bits per heavy atom. The smallest absolute Gasteiger partial charge is 0.335 e. The van der Waals surface area contributed by atoms with Gasteiger partial charge in [0.25, 0.3) is 0 Å². The van der Waals surface area contributed by atoms with E-state index in [0.717, 1.165) is 13.8 Å². The Hall–Kier alpha value is -2.80. The fraction of sp³-hybridized carbons (Fsp3) is 0.862. The molecule has 0 bridgehead atoms. The molecule has 25 heteroatoms. The first-order valence-corrected chi connectivity index (χ1v) is 16.5. The molecule has 13 N–H and O–H groups in total. The molecular formula is C29H46N2O23. The number of aliphatic carboxylic acids is 2. The number of rotatable bonds is 13. The molecule has 54 heavy (non-hydrogen) atoms. The molecule has 0 spiro atoms. The number of methoxy groups -OCH3 is 1. The molecule has 0 aromatic heterocycles. The van der Waals surface area contributed by atoms with Crippen molar-refractivity contribution in [3.8, 4) is 0 Å². The molecule has 0 aromatic carbocycles. The van der Waals surface area contributed by atoms with Gasteiger partial charge < -0.3 is 105 Å². The van der Waals surface area contributed by atoms with Gasteiger partial charge in [-0.05, 0) is 0 Å². The van der Waals surface area contributed by atoms with Crippen molar-refractivity contribution in [2.45, 2.75) is 137 Å². The Morgan fingerprint density at radius 1 is 0.537 bits per heavy atom. The number of carboxylic acid groups (broad SMARTS) is 2. The van der Waals surface area contributed by atoms with Crippen LogP contribution in [0.5, 0.6) is 0 Å². The first-order chi connectivity index (χ1) is 25.4. The van der Waals surface area contributed by atoms with E-state index in [1.165, 1.54) is 7.11 Å². The molecule has 4 aliphatic rings. The van der Waals surface area contributed by atoms with Gasteiger partial charge in [0, 0.05) is 21.0 Å². The Labute approximate surface area is 304 Å². The number of nitrogens with one attached hydrogen (secondary N) is 2. The SMILES string of the molecule is CO[C@@H]1C(CO)O[C@H](O[C@@H]2C(C(=O)O)O[C@@H](O[C@@H]3C(CO)O[C@H](O[C@@H]4C(C(=O)O)O[C@@H](O)[C@@H](O)C4O)C(NC(C)=O)[C@H]3O)[C@@H](O)C2O)C(NC(C)=O)[C@H]1O. The summed E-state index contributed by atoms with van der Waals surface area (Å²) in [6.07, 6.45) is -34.8. The highest BCUT2D eigenvalue weighted by atomic mass is 16.8. The van der Waals surface area contributed by atoms with Gasteiger partial charge in [-0.15, -0.1) is 0 Å². The molecule has 20 atom stereocenters. The number of amides is 2. The molecule has 0 aromatic rings. The summed E-state index contributed by atoms with van der Waals surface area (Å²) < 4.78 is 43.6. The fourth-order valence-corrected chi connectivity index (χ4v) is 6.57. The quantitative estimate of drug-likeness (QED) is 0.0823. The standard InChI is InChI=1S/C29H46N2O23/c1-6(34)30-10-12(36)18(47-3)8(4-32)48-27(10)53-21-15(39)17(41)29(54-23(21)25(44)45)51-19-9(5-33)49-28(11(13(19)37)31-7(2)35)52-20-14(38)16(40)26(46)50-22(20)24(42)43/h8-23,26-29,32-33,36-41,46H,4-5H2,1-3H3,(H,30,34)(H,31,35)(H,42,43)(H,44,45)/t8?,9?,10?,11?,12-,13-,14?,15?,16+,17+,18-,19-,20+,21+,22?,23?,26-,27-,28-,29-/m1/s1. The van der Waals surface area contributed by atoms with Gasteiger partial charge >= 0.3 is 11.9 Å². The summed E-state index contributed by atoms with van der Waals surface area (Å²) >= 11 is 0. The maximum Gasteiger partial charge on any atom is 0.335 e. The monoisotopic (exact) mass is 790 g/mol. The summed E-state index contributed by atoms with van der Waals surface area (Å²) in [7, 11) is 1.19. The number of carbonyl (C=O) groups is 4. The third-order valence-electron chi connectivity index (χ3n) is 9.19. The number of ether oxygens (including phenoxy) is 8. The molecule has 8 unspecified atom stereocenters. The minimum absolute atomic E-state index is 0.699. The molecule has 0 radical (unpaired) electrons. The van der Waals surface area contributed by atoms with Crippen LogP contribution in [0.25, 0.3) is 0 Å². The zero-order valence-electron chi connectivity index (χ0n) is 28.8. The average molecular weight is 791 g/mol. The zero-order valence-corrected chi connectivity index (χ0v) is 28.8. The summed E-state index contributed by atoms with van der Waals surface area (Å²) in [5.74, 6) is -5.11. The van der Waals surface area contributed by atoms with E-state index in [0.29, 0.717) is 0 Å². The summed E-state index contributed by atoms with van der Waals surface area (Å²) in [5, 5.41) is 119. The number of carbonyl (C=O) groups excluding carboxylic acids is 2. The van der Waals surface area contributed by atoms with E-state index in [1.807, 2.05) is 0 Å². The van der Waals surface area contributed by atoms with Gasteiger partial charge in [-0.1, -0.05) is 0 Å².